The zero-order valence-corrected chi connectivity index (χ0v) is 24.9. The molecule has 10 nitrogen and oxygen atoms in total. The number of ether oxygens (including phenoxy) is 1. The Labute approximate surface area is 241 Å². The van der Waals surface area contributed by atoms with E-state index >= 15 is 0 Å². The van der Waals surface area contributed by atoms with Crippen LogP contribution >= 0.6 is 11.8 Å². The van der Waals surface area contributed by atoms with Crippen LogP contribution in [-0.4, -0.2) is 70.4 Å². The Balaban J connectivity index is 1.51. The highest BCUT2D eigenvalue weighted by atomic mass is 32.2. The van der Waals surface area contributed by atoms with Crippen LogP contribution in [0.5, 0.6) is 0 Å². The standard InChI is InChI=1S/C29H46N4O6S/c1-17(2)19-14-21(25(36)32-26(23(34)24(30)35)40-20-10-7-11-20)33(15-19)27(37)22(18-8-5-4-6-9-18)31-28(38)39-16-29(3)12-13-29/h17-22,26H,4-16H2,1-3H3,(H2,30,35)(H,31,38)(H,32,36)/t19-,21+,22+,26?/m1/s1. The van der Waals surface area contributed by atoms with Crippen LogP contribution in [0.2, 0.25) is 0 Å². The van der Waals surface area contributed by atoms with E-state index in [1.165, 1.54) is 11.8 Å². The molecule has 0 radical (unpaired) electrons. The Morgan fingerprint density at radius 1 is 0.975 bits per heavy atom. The van der Waals surface area contributed by atoms with Gasteiger partial charge in [0.2, 0.25) is 11.8 Å². The summed E-state index contributed by atoms with van der Waals surface area (Å²) in [5.74, 6) is -2.40. The summed E-state index contributed by atoms with van der Waals surface area (Å²) in [5, 5.41) is 4.74. The quantitative estimate of drug-likeness (QED) is 0.238. The van der Waals surface area contributed by atoms with E-state index in [9.17, 15) is 24.0 Å². The lowest BCUT2D eigenvalue weighted by Gasteiger charge is -2.35. The van der Waals surface area contributed by atoms with E-state index in [0.717, 1.165) is 64.2 Å². The molecule has 0 aromatic carbocycles. The summed E-state index contributed by atoms with van der Waals surface area (Å²) in [4.78, 5) is 66.5. The number of nitrogens with two attached hydrogens (primary N) is 1. The number of hydrogen-bond acceptors (Lipinski definition) is 7. The predicted octanol–water partition coefficient (Wildman–Crippen LogP) is 3.12. The molecule has 4 atom stereocenters. The molecule has 40 heavy (non-hydrogen) atoms. The van der Waals surface area contributed by atoms with Crippen molar-refractivity contribution < 1.29 is 28.7 Å². The van der Waals surface area contributed by atoms with Crippen molar-refractivity contribution in [1.29, 1.82) is 0 Å². The Morgan fingerprint density at radius 3 is 2.20 bits per heavy atom. The number of hydrogen-bond donors (Lipinski definition) is 3. The molecule has 224 valence electrons. The van der Waals surface area contributed by atoms with E-state index < -0.39 is 41.1 Å². The second-order valence-electron chi connectivity index (χ2n) is 13.0. The van der Waals surface area contributed by atoms with Crippen molar-refractivity contribution >= 4 is 41.4 Å². The molecule has 3 saturated carbocycles. The Morgan fingerprint density at radius 2 is 1.65 bits per heavy atom. The molecule has 1 saturated heterocycles. The van der Waals surface area contributed by atoms with Gasteiger partial charge in [-0.1, -0.05) is 46.5 Å². The maximum Gasteiger partial charge on any atom is 0.407 e. The lowest BCUT2D eigenvalue weighted by atomic mass is 9.83. The molecule has 1 unspecified atom stereocenters. The highest BCUT2D eigenvalue weighted by Gasteiger charge is 2.46. The first-order chi connectivity index (χ1) is 19.0. The molecule has 0 spiro atoms. The van der Waals surface area contributed by atoms with Gasteiger partial charge in [0.1, 0.15) is 17.5 Å². The van der Waals surface area contributed by atoms with E-state index in [0.29, 0.717) is 19.6 Å². The molecule has 11 heteroatoms. The van der Waals surface area contributed by atoms with Crippen molar-refractivity contribution in [2.24, 2.45) is 28.9 Å². The van der Waals surface area contributed by atoms with Crippen LogP contribution in [-0.2, 0) is 23.9 Å². The van der Waals surface area contributed by atoms with Gasteiger partial charge in [0.05, 0.1) is 6.61 Å². The average molecular weight is 579 g/mol. The fourth-order valence-electron chi connectivity index (χ4n) is 5.85. The number of likely N-dealkylation sites (tertiary alicyclic amines) is 1. The fraction of sp³-hybridized carbons (Fsp3) is 0.828. The predicted molar refractivity (Wildman–Crippen MR) is 152 cm³/mol. The lowest BCUT2D eigenvalue weighted by molar-refractivity contribution is -0.142. The number of alkyl carbamates (subject to hydrolysis) is 1. The van der Waals surface area contributed by atoms with Crippen molar-refractivity contribution in [3.8, 4) is 0 Å². The highest BCUT2D eigenvalue weighted by molar-refractivity contribution is 8.01. The van der Waals surface area contributed by atoms with Crippen molar-refractivity contribution in [3.05, 3.63) is 0 Å². The van der Waals surface area contributed by atoms with E-state index in [4.69, 9.17) is 10.5 Å². The summed E-state index contributed by atoms with van der Waals surface area (Å²) in [7, 11) is 0. The summed E-state index contributed by atoms with van der Waals surface area (Å²) in [6, 6.07) is -1.59. The molecule has 1 heterocycles. The third-order valence-electron chi connectivity index (χ3n) is 9.31. The van der Waals surface area contributed by atoms with Gasteiger partial charge in [-0.2, -0.15) is 0 Å². The molecule has 1 aliphatic heterocycles. The topological polar surface area (TPSA) is 148 Å². The molecular weight excluding hydrogens is 532 g/mol. The zero-order valence-electron chi connectivity index (χ0n) is 24.1. The third-order valence-corrected chi connectivity index (χ3v) is 10.8. The van der Waals surface area contributed by atoms with Crippen LogP contribution < -0.4 is 16.4 Å². The van der Waals surface area contributed by atoms with Gasteiger partial charge in [0, 0.05) is 17.2 Å². The minimum atomic E-state index is -1.09. The van der Waals surface area contributed by atoms with Crippen LogP contribution in [0.3, 0.4) is 0 Å². The van der Waals surface area contributed by atoms with Crippen molar-refractivity contribution in [2.45, 2.75) is 114 Å². The summed E-state index contributed by atoms with van der Waals surface area (Å²) in [5.41, 5.74) is 5.32. The van der Waals surface area contributed by atoms with Crippen molar-refractivity contribution in [1.82, 2.24) is 15.5 Å². The first kappa shape index (κ1) is 30.7. The normalized spacial score (nSPS) is 25.9. The maximum atomic E-state index is 14.2. The van der Waals surface area contributed by atoms with E-state index in [1.54, 1.807) is 4.90 Å². The molecule has 4 N–H and O–H groups in total. The van der Waals surface area contributed by atoms with E-state index in [1.807, 2.05) is 0 Å². The number of ketones is 1. The SMILES string of the molecule is CC(C)[C@@H]1C[C@@H](C(=O)NC(SC2CCC2)C(=O)C(N)=O)N(C(=O)[C@@H](NC(=O)OCC2(C)CC2)C2CCCCC2)C1. The number of nitrogens with zero attached hydrogens (tertiary/aromatic N) is 1. The van der Waals surface area contributed by atoms with Gasteiger partial charge >= 0.3 is 6.09 Å². The van der Waals surface area contributed by atoms with Gasteiger partial charge in [0.25, 0.3) is 11.7 Å². The minimum absolute atomic E-state index is 0.0285. The van der Waals surface area contributed by atoms with Crippen molar-refractivity contribution in [3.63, 3.8) is 0 Å². The second kappa shape index (κ2) is 13.1. The number of rotatable bonds is 12. The molecule has 0 bridgehead atoms. The second-order valence-corrected chi connectivity index (χ2v) is 14.4. The number of thioether (sulfide) groups is 1. The zero-order chi connectivity index (χ0) is 29.0. The molecule has 4 fully saturated rings. The molecule has 0 aromatic rings. The van der Waals surface area contributed by atoms with Crippen LogP contribution in [0.15, 0.2) is 0 Å². The molecule has 3 aliphatic carbocycles. The highest BCUT2D eigenvalue weighted by Crippen LogP contribution is 2.45. The molecule has 4 amide bonds. The summed E-state index contributed by atoms with van der Waals surface area (Å²) in [6.45, 7) is 6.90. The number of amides is 4. The molecule has 4 rings (SSSR count). The smallest absolute Gasteiger partial charge is 0.407 e. The number of primary amides is 1. The largest absolute Gasteiger partial charge is 0.449 e. The van der Waals surface area contributed by atoms with Crippen LogP contribution in [0.1, 0.15) is 91.4 Å². The summed E-state index contributed by atoms with van der Waals surface area (Å²) >= 11 is 1.26. The summed E-state index contributed by atoms with van der Waals surface area (Å²) < 4.78 is 5.51. The Kier molecular flexibility index (Phi) is 10.1. The minimum Gasteiger partial charge on any atom is -0.449 e. The fourth-order valence-corrected chi connectivity index (χ4v) is 7.27. The maximum absolute atomic E-state index is 14.2. The van der Waals surface area contributed by atoms with Gasteiger partial charge < -0.3 is 26.0 Å². The monoisotopic (exact) mass is 578 g/mol. The third kappa shape index (κ3) is 7.70. The number of nitrogens with one attached hydrogen (secondary N) is 2. The Bertz CT molecular complexity index is 976. The van der Waals surface area contributed by atoms with E-state index in [2.05, 4.69) is 31.4 Å². The lowest BCUT2D eigenvalue weighted by Crippen LogP contribution is -2.57. The summed E-state index contributed by atoms with van der Waals surface area (Å²) in [6.07, 6.45) is 9.46. The first-order valence-electron chi connectivity index (χ1n) is 15.0. The Hall–Kier alpha value is -2.30. The molecule has 4 aliphatic rings. The first-order valence-corrected chi connectivity index (χ1v) is 15.9. The van der Waals surface area contributed by atoms with E-state index in [-0.39, 0.29) is 34.3 Å². The van der Waals surface area contributed by atoms with Gasteiger partial charge in [0.15, 0.2) is 0 Å². The molecular formula is C29H46N4O6S. The van der Waals surface area contributed by atoms with Gasteiger partial charge in [-0.3, -0.25) is 19.2 Å². The van der Waals surface area contributed by atoms with Gasteiger partial charge in [-0.15, -0.1) is 11.8 Å². The average Bonchev–Trinajstić information content (AvgIpc) is 3.46. The number of Topliss-reactive ketones (excluding diaryl/α,β-unsaturated/α-hetero) is 1. The van der Waals surface area contributed by atoms with Gasteiger partial charge in [-0.25, -0.2) is 4.79 Å². The number of carbonyl (C=O) groups excluding carboxylic acids is 5. The number of carbonyl (C=O) groups is 5. The van der Waals surface area contributed by atoms with Crippen molar-refractivity contribution in [2.75, 3.05) is 13.2 Å². The van der Waals surface area contributed by atoms with Crippen LogP contribution in [0.4, 0.5) is 4.79 Å². The van der Waals surface area contributed by atoms with Crippen LogP contribution in [0, 0.1) is 23.2 Å². The molecule has 0 aromatic heterocycles. The van der Waals surface area contributed by atoms with Crippen LogP contribution in [0.25, 0.3) is 0 Å². The van der Waals surface area contributed by atoms with Gasteiger partial charge in [-0.05, 0) is 62.7 Å².